The third-order valence-corrected chi connectivity index (χ3v) is 3.53. The van der Waals surface area contributed by atoms with Crippen LogP contribution in [0.1, 0.15) is 18.3 Å². The van der Waals surface area contributed by atoms with Crippen LogP contribution in [0.5, 0.6) is 0 Å². The minimum absolute atomic E-state index is 0.585. The molecule has 2 heterocycles. The number of aryl methyl sites for hydroxylation is 1. The van der Waals surface area contributed by atoms with Gasteiger partial charge in [0.2, 0.25) is 0 Å². The van der Waals surface area contributed by atoms with Gasteiger partial charge in [-0.05, 0) is 36.1 Å². The van der Waals surface area contributed by atoms with Crippen molar-refractivity contribution in [1.82, 2.24) is 14.1 Å². The van der Waals surface area contributed by atoms with Gasteiger partial charge in [-0.2, -0.15) is 0 Å². The first-order valence-electron chi connectivity index (χ1n) is 6.59. The van der Waals surface area contributed by atoms with Crippen LogP contribution in [0.2, 0.25) is 0 Å². The second kappa shape index (κ2) is 4.90. The summed E-state index contributed by atoms with van der Waals surface area (Å²) in [4.78, 5) is 4.42. The number of hydrogen-bond acceptors (Lipinski definition) is 2. The molecular formula is C15H18N4. The molecule has 0 spiro atoms. The van der Waals surface area contributed by atoms with E-state index >= 15 is 0 Å². The fourth-order valence-corrected chi connectivity index (χ4v) is 2.45. The maximum absolute atomic E-state index is 5.68. The summed E-state index contributed by atoms with van der Waals surface area (Å²) in [5, 5.41) is 1.23. The molecule has 0 unspecified atom stereocenters. The Labute approximate surface area is 112 Å². The molecule has 0 bridgehead atoms. The average Bonchev–Trinajstić information content (AvgIpc) is 3.05. The van der Waals surface area contributed by atoms with Crippen LogP contribution in [0, 0.1) is 0 Å². The van der Waals surface area contributed by atoms with Gasteiger partial charge in [-0.15, -0.1) is 0 Å². The number of nitrogens with zero attached hydrogens (tertiary/aromatic N) is 3. The zero-order chi connectivity index (χ0) is 13.2. The number of aromatic nitrogens is 3. The summed E-state index contributed by atoms with van der Waals surface area (Å²) in [6.45, 7) is 4.46. The van der Waals surface area contributed by atoms with Crippen LogP contribution < -0.4 is 5.73 Å². The Morgan fingerprint density at radius 2 is 2.05 bits per heavy atom. The Kier molecular flexibility index (Phi) is 3.09. The van der Waals surface area contributed by atoms with Gasteiger partial charge >= 0.3 is 0 Å². The molecule has 0 aliphatic rings. The molecule has 0 fully saturated rings. The molecule has 98 valence electrons. The summed E-state index contributed by atoms with van der Waals surface area (Å²) in [6.07, 6.45) is 5.99. The molecule has 3 aromatic rings. The van der Waals surface area contributed by atoms with E-state index in [2.05, 4.69) is 51.5 Å². The van der Waals surface area contributed by atoms with Gasteiger partial charge in [-0.3, -0.25) is 0 Å². The molecule has 0 aliphatic carbocycles. The lowest BCUT2D eigenvalue weighted by Gasteiger charge is -2.08. The molecule has 0 aliphatic heterocycles. The quantitative estimate of drug-likeness (QED) is 0.777. The number of benzene rings is 1. The molecule has 0 saturated heterocycles. The highest BCUT2D eigenvalue weighted by Crippen LogP contribution is 2.18. The lowest BCUT2D eigenvalue weighted by molar-refractivity contribution is 0.661. The van der Waals surface area contributed by atoms with E-state index in [1.165, 1.54) is 16.5 Å². The van der Waals surface area contributed by atoms with Crippen molar-refractivity contribution in [2.45, 2.75) is 26.6 Å². The van der Waals surface area contributed by atoms with E-state index in [0.717, 1.165) is 18.9 Å². The lowest BCUT2D eigenvalue weighted by atomic mass is 10.1. The van der Waals surface area contributed by atoms with Crippen molar-refractivity contribution in [2.24, 2.45) is 5.73 Å². The molecule has 19 heavy (non-hydrogen) atoms. The third-order valence-electron chi connectivity index (χ3n) is 3.53. The predicted molar refractivity (Wildman–Crippen MR) is 76.8 cm³/mol. The second-order valence-corrected chi connectivity index (χ2v) is 4.67. The smallest absolute Gasteiger partial charge is 0.128 e. The molecule has 0 radical (unpaired) electrons. The maximum atomic E-state index is 5.68. The normalized spacial score (nSPS) is 11.3. The topological polar surface area (TPSA) is 48.8 Å². The second-order valence-electron chi connectivity index (χ2n) is 4.67. The molecule has 2 N–H and O–H groups in total. The maximum Gasteiger partial charge on any atom is 0.128 e. The molecule has 2 aromatic heterocycles. The van der Waals surface area contributed by atoms with E-state index in [0.29, 0.717) is 6.54 Å². The van der Waals surface area contributed by atoms with Crippen LogP contribution in [0.25, 0.3) is 10.9 Å². The van der Waals surface area contributed by atoms with Crippen LogP contribution in [0.3, 0.4) is 0 Å². The van der Waals surface area contributed by atoms with Crippen LogP contribution in [-0.2, 0) is 19.6 Å². The Morgan fingerprint density at radius 3 is 2.84 bits per heavy atom. The Balaban J connectivity index is 1.97. The lowest BCUT2D eigenvalue weighted by Crippen LogP contribution is -2.06. The molecule has 1 aromatic carbocycles. The van der Waals surface area contributed by atoms with Crippen LogP contribution in [0.15, 0.2) is 42.9 Å². The van der Waals surface area contributed by atoms with Crippen molar-refractivity contribution >= 4 is 10.9 Å². The molecular weight excluding hydrogens is 236 g/mol. The largest absolute Gasteiger partial charge is 0.340 e. The minimum Gasteiger partial charge on any atom is -0.340 e. The van der Waals surface area contributed by atoms with Crippen molar-refractivity contribution in [3.05, 3.63) is 54.2 Å². The number of imidazole rings is 1. The number of hydrogen-bond donors (Lipinski definition) is 1. The summed E-state index contributed by atoms with van der Waals surface area (Å²) in [5.41, 5.74) is 8.07. The summed E-state index contributed by atoms with van der Waals surface area (Å²) >= 11 is 0. The Bertz CT molecular complexity index is 693. The molecule has 0 atom stereocenters. The van der Waals surface area contributed by atoms with Crippen molar-refractivity contribution in [2.75, 3.05) is 0 Å². The van der Waals surface area contributed by atoms with Crippen LogP contribution >= 0.6 is 0 Å². The van der Waals surface area contributed by atoms with E-state index in [1.807, 2.05) is 12.4 Å². The molecule has 0 amide bonds. The zero-order valence-electron chi connectivity index (χ0n) is 11.1. The van der Waals surface area contributed by atoms with E-state index in [4.69, 9.17) is 5.73 Å². The average molecular weight is 254 g/mol. The van der Waals surface area contributed by atoms with Crippen molar-refractivity contribution < 1.29 is 0 Å². The van der Waals surface area contributed by atoms with Crippen LogP contribution in [-0.4, -0.2) is 14.1 Å². The number of nitrogens with two attached hydrogens (primary N) is 1. The van der Waals surface area contributed by atoms with Gasteiger partial charge in [0.25, 0.3) is 0 Å². The van der Waals surface area contributed by atoms with Crippen LogP contribution in [0.4, 0.5) is 0 Å². The summed E-state index contributed by atoms with van der Waals surface area (Å²) < 4.78 is 4.39. The Morgan fingerprint density at radius 1 is 1.16 bits per heavy atom. The van der Waals surface area contributed by atoms with Crippen molar-refractivity contribution in [1.29, 1.82) is 0 Å². The first kappa shape index (κ1) is 12.0. The summed E-state index contributed by atoms with van der Waals surface area (Å²) in [6, 6.07) is 8.51. The van der Waals surface area contributed by atoms with Crippen molar-refractivity contribution in [3.8, 4) is 0 Å². The first-order valence-corrected chi connectivity index (χ1v) is 6.59. The van der Waals surface area contributed by atoms with Gasteiger partial charge in [0.15, 0.2) is 0 Å². The number of fused-ring (bicyclic) bond motifs is 1. The monoisotopic (exact) mass is 254 g/mol. The third kappa shape index (κ3) is 2.15. The highest BCUT2D eigenvalue weighted by Gasteiger charge is 2.06. The highest BCUT2D eigenvalue weighted by atomic mass is 15.1. The SMILES string of the molecule is CCn1ccnc1Cn1ccc2cc(CN)ccc21. The fourth-order valence-electron chi connectivity index (χ4n) is 2.45. The van der Waals surface area contributed by atoms with E-state index in [1.54, 1.807) is 0 Å². The van der Waals surface area contributed by atoms with E-state index < -0.39 is 0 Å². The van der Waals surface area contributed by atoms with Gasteiger partial charge in [0.05, 0.1) is 6.54 Å². The number of rotatable bonds is 4. The van der Waals surface area contributed by atoms with Gasteiger partial charge in [0, 0.05) is 37.2 Å². The summed E-state index contributed by atoms with van der Waals surface area (Å²) in [7, 11) is 0. The predicted octanol–water partition coefficient (Wildman–Crippen LogP) is 2.36. The molecule has 4 nitrogen and oxygen atoms in total. The van der Waals surface area contributed by atoms with E-state index in [-0.39, 0.29) is 0 Å². The Hall–Kier alpha value is -2.07. The standard InChI is InChI=1S/C15H18N4/c1-2-18-8-6-17-15(18)11-19-7-5-13-9-12(10-16)3-4-14(13)19/h3-9H,2,10-11,16H2,1H3. The molecule has 0 saturated carbocycles. The summed E-state index contributed by atoms with van der Waals surface area (Å²) in [5.74, 6) is 1.09. The minimum atomic E-state index is 0.585. The zero-order valence-corrected chi connectivity index (χ0v) is 11.1. The first-order chi connectivity index (χ1) is 9.31. The van der Waals surface area contributed by atoms with Gasteiger partial charge in [-0.1, -0.05) is 6.07 Å². The highest BCUT2D eigenvalue weighted by molar-refractivity contribution is 5.80. The molecule has 3 rings (SSSR count). The van der Waals surface area contributed by atoms with Gasteiger partial charge < -0.3 is 14.9 Å². The van der Waals surface area contributed by atoms with E-state index in [9.17, 15) is 0 Å². The van der Waals surface area contributed by atoms with Gasteiger partial charge in [0.1, 0.15) is 5.82 Å². The van der Waals surface area contributed by atoms with Gasteiger partial charge in [-0.25, -0.2) is 4.98 Å². The fraction of sp³-hybridized carbons (Fsp3) is 0.267. The van der Waals surface area contributed by atoms with Crippen molar-refractivity contribution in [3.63, 3.8) is 0 Å². The molecule has 4 heteroatoms.